The van der Waals surface area contributed by atoms with Crippen LogP contribution >= 0.6 is 45.7 Å². The fourth-order valence-corrected chi connectivity index (χ4v) is 4.98. The first-order valence-electron chi connectivity index (χ1n) is 9.33. The van der Waals surface area contributed by atoms with Gasteiger partial charge in [-0.25, -0.2) is 4.98 Å². The molecule has 0 saturated heterocycles. The summed E-state index contributed by atoms with van der Waals surface area (Å²) in [5, 5.41) is 13.4. The summed E-state index contributed by atoms with van der Waals surface area (Å²) >= 11 is 5.13. The average molecular weight is 574 g/mol. The summed E-state index contributed by atoms with van der Waals surface area (Å²) in [6.45, 7) is 0. The summed E-state index contributed by atoms with van der Waals surface area (Å²) in [5.41, 5.74) is 3.23. The Labute approximate surface area is 205 Å². The molecule has 1 heterocycles. The van der Waals surface area contributed by atoms with Crippen molar-refractivity contribution in [2.75, 3.05) is 11.1 Å². The number of rotatable bonds is 7. The number of fused-ring (bicyclic) bond motifs is 1. The lowest BCUT2D eigenvalue weighted by molar-refractivity contribution is -0.384. The quantitative estimate of drug-likeness (QED) is 0.0920. The van der Waals surface area contributed by atoms with Gasteiger partial charge >= 0.3 is 0 Å². The predicted molar refractivity (Wildman–Crippen MR) is 138 cm³/mol. The molecule has 0 aliphatic carbocycles. The molecule has 10 heteroatoms. The van der Waals surface area contributed by atoms with E-state index in [4.69, 9.17) is 0 Å². The van der Waals surface area contributed by atoms with E-state index in [9.17, 15) is 14.9 Å². The molecule has 4 rings (SSSR count). The Morgan fingerprint density at radius 3 is 2.62 bits per heavy atom. The molecule has 32 heavy (non-hydrogen) atoms. The van der Waals surface area contributed by atoms with Crippen LogP contribution in [-0.4, -0.2) is 27.8 Å². The van der Waals surface area contributed by atoms with E-state index in [0.717, 1.165) is 25.8 Å². The maximum Gasteiger partial charge on any atom is 0.269 e. The van der Waals surface area contributed by atoms with E-state index in [1.807, 2.05) is 48.7 Å². The molecule has 160 valence electrons. The van der Waals surface area contributed by atoms with E-state index >= 15 is 0 Å². The van der Waals surface area contributed by atoms with Crippen LogP contribution in [0, 0.1) is 13.7 Å². The van der Waals surface area contributed by atoms with Gasteiger partial charge in [-0.1, -0.05) is 23.9 Å². The Morgan fingerprint density at radius 1 is 1.16 bits per heavy atom. The van der Waals surface area contributed by atoms with Crippen molar-refractivity contribution in [1.82, 2.24) is 4.98 Å². The van der Waals surface area contributed by atoms with E-state index in [1.54, 1.807) is 0 Å². The lowest BCUT2D eigenvalue weighted by Gasteiger charge is -2.03. The summed E-state index contributed by atoms with van der Waals surface area (Å²) in [7, 11) is 0. The molecule has 7 nitrogen and oxygen atoms in total. The minimum Gasteiger partial charge on any atom is -0.325 e. The number of carbonyl (C=O) groups excluding carboxylic acids is 1. The van der Waals surface area contributed by atoms with Crippen LogP contribution in [0.5, 0.6) is 0 Å². The maximum absolute atomic E-state index is 12.2. The van der Waals surface area contributed by atoms with Crippen LogP contribution in [0.4, 0.5) is 17.1 Å². The lowest BCUT2D eigenvalue weighted by Crippen LogP contribution is -2.13. The number of hydrogen-bond donors (Lipinski definition) is 1. The van der Waals surface area contributed by atoms with Crippen LogP contribution in [0.1, 0.15) is 5.56 Å². The third kappa shape index (κ3) is 5.90. The highest BCUT2D eigenvalue weighted by Gasteiger charge is 2.10. The van der Waals surface area contributed by atoms with Crippen LogP contribution in [-0.2, 0) is 4.79 Å². The lowest BCUT2D eigenvalue weighted by atomic mass is 10.2. The Bertz CT molecular complexity index is 1310. The van der Waals surface area contributed by atoms with Gasteiger partial charge < -0.3 is 5.32 Å². The number of halogens is 1. The van der Waals surface area contributed by atoms with Crippen molar-refractivity contribution in [3.8, 4) is 0 Å². The van der Waals surface area contributed by atoms with Crippen LogP contribution in [0.15, 0.2) is 76.1 Å². The molecule has 1 N–H and O–H groups in total. The Morgan fingerprint density at radius 2 is 1.91 bits per heavy atom. The molecule has 0 atom stereocenters. The average Bonchev–Trinajstić information content (AvgIpc) is 3.20. The molecule has 0 spiro atoms. The van der Waals surface area contributed by atoms with Gasteiger partial charge in [0.05, 0.1) is 26.6 Å². The predicted octanol–water partition coefficient (Wildman–Crippen LogP) is 6.29. The number of non-ortho nitro benzene ring substituents is 1. The van der Waals surface area contributed by atoms with E-state index in [0.29, 0.717) is 5.69 Å². The van der Waals surface area contributed by atoms with Crippen molar-refractivity contribution in [2.45, 2.75) is 4.34 Å². The largest absolute Gasteiger partial charge is 0.325 e. The summed E-state index contributed by atoms with van der Waals surface area (Å²) < 4.78 is 2.97. The van der Waals surface area contributed by atoms with Crippen LogP contribution in [0.25, 0.3) is 10.2 Å². The molecule has 0 fully saturated rings. The van der Waals surface area contributed by atoms with E-state index < -0.39 is 4.92 Å². The Balaban J connectivity index is 1.36. The first kappa shape index (κ1) is 22.4. The number of nitrogens with one attached hydrogen (secondary N) is 1. The molecule has 4 aromatic rings. The summed E-state index contributed by atoms with van der Waals surface area (Å²) in [5.74, 6) is -0.0137. The minimum atomic E-state index is -0.479. The smallest absolute Gasteiger partial charge is 0.269 e. The van der Waals surface area contributed by atoms with Crippen LogP contribution < -0.4 is 5.32 Å². The van der Waals surface area contributed by atoms with Gasteiger partial charge in [-0.05, 0) is 70.6 Å². The van der Waals surface area contributed by atoms with Crippen molar-refractivity contribution >= 4 is 85.1 Å². The second-order valence-corrected chi connectivity index (χ2v) is 10.1. The highest BCUT2D eigenvalue weighted by Crippen LogP contribution is 2.32. The van der Waals surface area contributed by atoms with Crippen molar-refractivity contribution in [1.29, 1.82) is 0 Å². The van der Waals surface area contributed by atoms with Gasteiger partial charge in [0.1, 0.15) is 0 Å². The Kier molecular flexibility index (Phi) is 7.12. The summed E-state index contributed by atoms with van der Waals surface area (Å²) in [6, 6.07) is 19.7. The molecule has 0 radical (unpaired) electrons. The number of thioether (sulfide) groups is 1. The second-order valence-electron chi connectivity index (χ2n) is 6.58. The number of benzene rings is 3. The van der Waals surface area contributed by atoms with E-state index in [-0.39, 0.29) is 17.3 Å². The standard InChI is InChI=1S/C22H15IN4O3S2/c23-15-3-1-14(2-4-15)12-24-17-7-10-19-20(11-17)32-22(26-19)31-13-21(28)25-16-5-8-18(9-6-16)27(29)30/h1-12H,13H2,(H,25,28). The molecule has 1 amide bonds. The number of carbonyl (C=O) groups is 1. The van der Waals surface area contributed by atoms with Gasteiger partial charge in [0.25, 0.3) is 5.69 Å². The summed E-state index contributed by atoms with van der Waals surface area (Å²) in [6.07, 6.45) is 1.83. The monoisotopic (exact) mass is 574 g/mol. The number of anilines is 1. The highest BCUT2D eigenvalue weighted by molar-refractivity contribution is 14.1. The number of nitro groups is 1. The molecular formula is C22H15IN4O3S2. The second kappa shape index (κ2) is 10.2. The molecule has 0 aliphatic rings. The molecular weight excluding hydrogens is 559 g/mol. The number of aliphatic imine (C=N–C) groups is 1. The molecule has 0 saturated carbocycles. The zero-order valence-corrected chi connectivity index (χ0v) is 20.2. The van der Waals surface area contributed by atoms with E-state index in [2.05, 4.69) is 37.9 Å². The molecule has 1 aromatic heterocycles. The highest BCUT2D eigenvalue weighted by atomic mass is 127. The van der Waals surface area contributed by atoms with Gasteiger partial charge in [0, 0.05) is 27.6 Å². The molecule has 3 aromatic carbocycles. The fourth-order valence-electron chi connectivity index (χ4n) is 2.72. The third-order valence-electron chi connectivity index (χ3n) is 4.27. The fraction of sp³-hybridized carbons (Fsp3) is 0.0455. The first-order valence-corrected chi connectivity index (χ1v) is 12.2. The SMILES string of the molecule is O=C(CSc1nc2ccc(N=Cc3ccc(I)cc3)cc2s1)Nc1ccc([N+](=O)[O-])cc1. The van der Waals surface area contributed by atoms with Gasteiger partial charge in [-0.3, -0.25) is 19.9 Å². The zero-order chi connectivity index (χ0) is 22.5. The van der Waals surface area contributed by atoms with Gasteiger partial charge in [0.15, 0.2) is 4.34 Å². The van der Waals surface area contributed by atoms with Crippen LogP contribution in [0.3, 0.4) is 0 Å². The molecule has 0 unspecified atom stereocenters. The van der Waals surface area contributed by atoms with E-state index in [1.165, 1.54) is 50.9 Å². The van der Waals surface area contributed by atoms with Gasteiger partial charge in [-0.15, -0.1) is 11.3 Å². The Hall–Kier alpha value is -2.83. The number of aromatic nitrogens is 1. The number of thiazole rings is 1. The number of nitro benzene ring substituents is 1. The van der Waals surface area contributed by atoms with Gasteiger partial charge in [-0.2, -0.15) is 0 Å². The maximum atomic E-state index is 12.2. The number of amides is 1. The van der Waals surface area contributed by atoms with Crippen LogP contribution in [0.2, 0.25) is 0 Å². The number of hydrogen-bond acceptors (Lipinski definition) is 7. The van der Waals surface area contributed by atoms with Crippen molar-refractivity contribution in [3.05, 3.63) is 86.0 Å². The summed E-state index contributed by atoms with van der Waals surface area (Å²) in [4.78, 5) is 31.5. The molecule has 0 bridgehead atoms. The zero-order valence-electron chi connectivity index (χ0n) is 16.4. The minimum absolute atomic E-state index is 0.0194. The van der Waals surface area contributed by atoms with Gasteiger partial charge in [0.2, 0.25) is 5.91 Å². The van der Waals surface area contributed by atoms with Crippen molar-refractivity contribution in [2.24, 2.45) is 4.99 Å². The van der Waals surface area contributed by atoms with Crippen molar-refractivity contribution in [3.63, 3.8) is 0 Å². The third-order valence-corrected chi connectivity index (χ3v) is 7.15. The topological polar surface area (TPSA) is 97.5 Å². The number of nitrogens with zero attached hydrogens (tertiary/aromatic N) is 3. The van der Waals surface area contributed by atoms with Crippen molar-refractivity contribution < 1.29 is 9.72 Å². The normalized spacial score (nSPS) is 11.2. The first-order chi connectivity index (χ1) is 15.5. The molecule has 0 aliphatic heterocycles.